The van der Waals surface area contributed by atoms with Crippen LogP contribution in [-0.2, 0) is 6.18 Å². The molecule has 0 N–H and O–H groups in total. The fraction of sp³-hybridized carbons (Fsp3) is 0.364. The molecule has 0 saturated heterocycles. The first kappa shape index (κ1) is 12.4. The first-order valence-electron chi connectivity index (χ1n) is 4.72. The molecule has 0 saturated carbocycles. The van der Waals surface area contributed by atoms with Crippen molar-refractivity contribution in [3.8, 4) is 6.07 Å². The van der Waals surface area contributed by atoms with Crippen molar-refractivity contribution in [3.05, 3.63) is 29.3 Å². The van der Waals surface area contributed by atoms with Gasteiger partial charge in [0.05, 0.1) is 17.2 Å². The van der Waals surface area contributed by atoms with E-state index in [1.807, 2.05) is 6.92 Å². The van der Waals surface area contributed by atoms with E-state index in [9.17, 15) is 13.2 Å². The molecule has 0 bridgehead atoms. The Bertz CT molecular complexity index is 418. The lowest BCUT2D eigenvalue weighted by atomic mass is 10.1. The zero-order valence-electron chi connectivity index (χ0n) is 8.97. The summed E-state index contributed by atoms with van der Waals surface area (Å²) in [5.41, 5.74) is -0.624. The van der Waals surface area contributed by atoms with Crippen molar-refractivity contribution in [1.29, 1.82) is 5.26 Å². The van der Waals surface area contributed by atoms with E-state index >= 15 is 0 Å². The Balaban J connectivity index is 3.24. The van der Waals surface area contributed by atoms with Crippen molar-refractivity contribution >= 4 is 5.69 Å². The molecule has 0 aliphatic rings. The molecule has 0 aliphatic heterocycles. The first-order chi connectivity index (χ1) is 7.40. The molecule has 1 aromatic rings. The third-order valence-electron chi connectivity index (χ3n) is 2.34. The maximum absolute atomic E-state index is 12.5. The van der Waals surface area contributed by atoms with Crippen LogP contribution in [0.3, 0.4) is 0 Å². The standard InChI is InChI=1S/C11H11F3N2/c1-3-16(2)9-4-5-10(11(12,13)14)8(6-9)7-15/h4-6H,3H2,1-2H3. The largest absolute Gasteiger partial charge is 0.417 e. The molecule has 0 amide bonds. The van der Waals surface area contributed by atoms with Gasteiger partial charge in [-0.3, -0.25) is 0 Å². The van der Waals surface area contributed by atoms with Gasteiger partial charge in [0, 0.05) is 19.3 Å². The van der Waals surface area contributed by atoms with Crippen LogP contribution in [0.2, 0.25) is 0 Å². The zero-order chi connectivity index (χ0) is 12.3. The maximum Gasteiger partial charge on any atom is 0.417 e. The van der Waals surface area contributed by atoms with Gasteiger partial charge in [0.15, 0.2) is 0 Å². The second kappa shape index (κ2) is 4.44. The molecular formula is C11H11F3N2. The van der Waals surface area contributed by atoms with Crippen LogP contribution in [0.25, 0.3) is 0 Å². The summed E-state index contributed by atoms with van der Waals surface area (Å²) in [6, 6.07) is 5.14. The molecule has 0 atom stereocenters. The zero-order valence-corrected chi connectivity index (χ0v) is 8.97. The third-order valence-corrected chi connectivity index (χ3v) is 2.34. The van der Waals surface area contributed by atoms with Gasteiger partial charge in [-0.15, -0.1) is 0 Å². The van der Waals surface area contributed by atoms with Crippen molar-refractivity contribution in [2.45, 2.75) is 13.1 Å². The van der Waals surface area contributed by atoms with Crippen molar-refractivity contribution in [3.63, 3.8) is 0 Å². The lowest BCUT2D eigenvalue weighted by Crippen LogP contribution is -2.17. The van der Waals surface area contributed by atoms with Crippen LogP contribution in [0.1, 0.15) is 18.1 Å². The van der Waals surface area contributed by atoms with E-state index < -0.39 is 11.7 Å². The topological polar surface area (TPSA) is 27.0 Å². The van der Waals surface area contributed by atoms with E-state index in [4.69, 9.17) is 5.26 Å². The van der Waals surface area contributed by atoms with E-state index in [1.54, 1.807) is 18.0 Å². The van der Waals surface area contributed by atoms with Gasteiger partial charge in [0.1, 0.15) is 0 Å². The van der Waals surface area contributed by atoms with Gasteiger partial charge in [-0.2, -0.15) is 18.4 Å². The Labute approximate surface area is 91.9 Å². The van der Waals surface area contributed by atoms with E-state index in [-0.39, 0.29) is 5.56 Å². The summed E-state index contributed by atoms with van der Waals surface area (Å²) in [6.45, 7) is 2.54. The van der Waals surface area contributed by atoms with Crippen LogP contribution in [-0.4, -0.2) is 13.6 Å². The summed E-state index contributed by atoms with van der Waals surface area (Å²) in [6.07, 6.45) is -4.48. The lowest BCUT2D eigenvalue weighted by Gasteiger charge is -2.18. The number of alkyl halides is 3. The molecule has 0 heterocycles. The second-order valence-corrected chi connectivity index (χ2v) is 3.35. The molecular weight excluding hydrogens is 217 g/mol. The van der Waals surface area contributed by atoms with Crippen LogP contribution in [0.5, 0.6) is 0 Å². The Hall–Kier alpha value is -1.70. The van der Waals surface area contributed by atoms with Gasteiger partial charge >= 0.3 is 6.18 Å². The van der Waals surface area contributed by atoms with E-state index in [2.05, 4.69) is 0 Å². The summed E-state index contributed by atoms with van der Waals surface area (Å²) in [5.74, 6) is 0. The molecule has 2 nitrogen and oxygen atoms in total. The number of hydrogen-bond donors (Lipinski definition) is 0. The fourth-order valence-corrected chi connectivity index (χ4v) is 1.29. The molecule has 0 fully saturated rings. The number of rotatable bonds is 2. The number of nitrogens with zero attached hydrogens (tertiary/aromatic N) is 2. The molecule has 86 valence electrons. The van der Waals surface area contributed by atoms with Crippen LogP contribution in [0.15, 0.2) is 18.2 Å². The van der Waals surface area contributed by atoms with Gasteiger partial charge in [-0.05, 0) is 25.1 Å². The van der Waals surface area contributed by atoms with Gasteiger partial charge in [-0.1, -0.05) is 0 Å². The quantitative estimate of drug-likeness (QED) is 0.777. The average molecular weight is 228 g/mol. The third kappa shape index (κ3) is 2.45. The lowest BCUT2D eigenvalue weighted by molar-refractivity contribution is -0.137. The highest BCUT2D eigenvalue weighted by atomic mass is 19.4. The Morgan fingerprint density at radius 3 is 2.44 bits per heavy atom. The normalized spacial score (nSPS) is 11.0. The van der Waals surface area contributed by atoms with Gasteiger partial charge < -0.3 is 4.90 Å². The van der Waals surface area contributed by atoms with Crippen LogP contribution < -0.4 is 4.90 Å². The molecule has 16 heavy (non-hydrogen) atoms. The Kier molecular flexibility index (Phi) is 3.43. The summed E-state index contributed by atoms with van der Waals surface area (Å²) < 4.78 is 37.5. The predicted octanol–water partition coefficient (Wildman–Crippen LogP) is 3.03. The molecule has 5 heteroatoms. The smallest absolute Gasteiger partial charge is 0.375 e. The molecule has 0 spiro atoms. The monoisotopic (exact) mass is 228 g/mol. The van der Waals surface area contributed by atoms with Crippen molar-refractivity contribution < 1.29 is 13.2 Å². The second-order valence-electron chi connectivity index (χ2n) is 3.35. The highest BCUT2D eigenvalue weighted by molar-refractivity contribution is 5.54. The van der Waals surface area contributed by atoms with E-state index in [0.29, 0.717) is 12.2 Å². The average Bonchev–Trinajstić information content (AvgIpc) is 2.25. The number of halogens is 3. The first-order valence-corrected chi connectivity index (χ1v) is 4.72. The minimum Gasteiger partial charge on any atom is -0.375 e. The van der Waals surface area contributed by atoms with Crippen molar-refractivity contribution in [1.82, 2.24) is 0 Å². The fourth-order valence-electron chi connectivity index (χ4n) is 1.29. The Morgan fingerprint density at radius 1 is 1.38 bits per heavy atom. The minimum atomic E-state index is -4.48. The van der Waals surface area contributed by atoms with Gasteiger partial charge in [0.2, 0.25) is 0 Å². The molecule has 0 aliphatic carbocycles. The summed E-state index contributed by atoms with van der Waals surface area (Å²) >= 11 is 0. The van der Waals surface area contributed by atoms with Crippen LogP contribution in [0.4, 0.5) is 18.9 Å². The number of hydrogen-bond acceptors (Lipinski definition) is 2. The number of nitriles is 1. The number of benzene rings is 1. The predicted molar refractivity (Wildman–Crippen MR) is 55.1 cm³/mol. The SMILES string of the molecule is CCN(C)c1ccc(C(F)(F)F)c(C#N)c1. The summed E-state index contributed by atoms with van der Waals surface area (Å²) in [5, 5.41) is 8.69. The highest BCUT2D eigenvalue weighted by Crippen LogP contribution is 2.33. The van der Waals surface area contributed by atoms with Crippen molar-refractivity contribution in [2.75, 3.05) is 18.5 Å². The minimum absolute atomic E-state index is 0.342. The summed E-state index contributed by atoms with van der Waals surface area (Å²) in [7, 11) is 1.75. The van der Waals surface area contributed by atoms with Gasteiger partial charge in [-0.25, -0.2) is 0 Å². The van der Waals surface area contributed by atoms with E-state index in [0.717, 1.165) is 6.07 Å². The Morgan fingerprint density at radius 2 is 2.00 bits per heavy atom. The number of anilines is 1. The summed E-state index contributed by atoms with van der Waals surface area (Å²) in [4.78, 5) is 1.76. The molecule has 0 radical (unpaired) electrons. The molecule has 0 aromatic heterocycles. The molecule has 1 rings (SSSR count). The van der Waals surface area contributed by atoms with Crippen molar-refractivity contribution in [2.24, 2.45) is 0 Å². The van der Waals surface area contributed by atoms with Crippen LogP contribution in [0, 0.1) is 11.3 Å². The highest BCUT2D eigenvalue weighted by Gasteiger charge is 2.33. The van der Waals surface area contributed by atoms with Gasteiger partial charge in [0.25, 0.3) is 0 Å². The molecule has 0 unspecified atom stereocenters. The molecule has 1 aromatic carbocycles. The maximum atomic E-state index is 12.5. The van der Waals surface area contributed by atoms with E-state index in [1.165, 1.54) is 12.1 Å². The van der Waals surface area contributed by atoms with Crippen LogP contribution >= 0.6 is 0 Å².